The molecule has 0 saturated heterocycles. The van der Waals surface area contributed by atoms with Crippen molar-refractivity contribution in [2.75, 3.05) is 18.2 Å². The molecule has 0 aliphatic heterocycles. The minimum Gasteiger partial charge on any atom is -0.353 e. The quantitative estimate of drug-likeness (QED) is 0.654. The molecular weight excluding hydrogens is 252 g/mol. The van der Waals surface area contributed by atoms with Gasteiger partial charge in [-0.15, -0.1) is 11.6 Å². The van der Waals surface area contributed by atoms with E-state index in [4.69, 9.17) is 11.6 Å². The number of sulfonamides is 1. The van der Waals surface area contributed by atoms with Crippen molar-refractivity contribution < 1.29 is 13.2 Å². The first-order valence-corrected chi connectivity index (χ1v) is 7.28. The van der Waals surface area contributed by atoms with Crippen molar-refractivity contribution in [3.63, 3.8) is 0 Å². The van der Waals surface area contributed by atoms with Gasteiger partial charge in [0.15, 0.2) is 0 Å². The maximum absolute atomic E-state index is 11.4. The second-order valence-corrected chi connectivity index (χ2v) is 6.24. The van der Waals surface area contributed by atoms with Crippen LogP contribution in [-0.4, -0.2) is 38.5 Å². The largest absolute Gasteiger partial charge is 0.353 e. The van der Waals surface area contributed by atoms with Crippen LogP contribution in [0, 0.1) is 5.92 Å². The van der Waals surface area contributed by atoms with E-state index >= 15 is 0 Å². The number of carbonyl (C=O) groups is 1. The van der Waals surface area contributed by atoms with Crippen molar-refractivity contribution >= 4 is 27.5 Å². The van der Waals surface area contributed by atoms with Crippen molar-refractivity contribution in [3.8, 4) is 0 Å². The Morgan fingerprint density at radius 2 is 1.88 bits per heavy atom. The van der Waals surface area contributed by atoms with Crippen molar-refractivity contribution in [1.29, 1.82) is 0 Å². The normalized spacial score (nSPS) is 13.8. The number of amides is 1. The van der Waals surface area contributed by atoms with E-state index in [0.717, 1.165) is 0 Å². The van der Waals surface area contributed by atoms with E-state index in [0.29, 0.717) is 0 Å². The summed E-state index contributed by atoms with van der Waals surface area (Å²) in [5.41, 5.74) is 0. The van der Waals surface area contributed by atoms with Crippen LogP contribution in [-0.2, 0) is 14.8 Å². The van der Waals surface area contributed by atoms with Crippen LogP contribution in [0.5, 0.6) is 0 Å². The topological polar surface area (TPSA) is 75.3 Å². The van der Waals surface area contributed by atoms with E-state index in [1.165, 1.54) is 0 Å². The second-order valence-electron chi connectivity index (χ2n) is 4.08. The molecule has 16 heavy (non-hydrogen) atoms. The molecule has 1 atom stereocenters. The summed E-state index contributed by atoms with van der Waals surface area (Å²) < 4.78 is 25.1. The minimum atomic E-state index is -3.42. The van der Waals surface area contributed by atoms with E-state index in [1.807, 2.05) is 13.8 Å². The lowest BCUT2D eigenvalue weighted by atomic mass is 10.3. The Morgan fingerprint density at radius 3 is 2.31 bits per heavy atom. The predicted octanol–water partition coefficient (Wildman–Crippen LogP) is 0.305. The van der Waals surface area contributed by atoms with Crippen molar-refractivity contribution in [2.24, 2.45) is 5.92 Å². The van der Waals surface area contributed by atoms with Gasteiger partial charge in [-0.05, 0) is 19.8 Å². The van der Waals surface area contributed by atoms with Gasteiger partial charge in [0.25, 0.3) is 0 Å². The number of hydrogen-bond donors (Lipinski definition) is 2. The van der Waals surface area contributed by atoms with Crippen molar-refractivity contribution in [1.82, 2.24) is 10.0 Å². The standard InChI is InChI=1S/C9H19ClN2O3S/c1-7(2)12-9(13)5-11-16(14,15)6-8(3)4-10/h7-8,11H,4-6H2,1-3H3,(H,12,13). The van der Waals surface area contributed by atoms with Crippen LogP contribution in [0.4, 0.5) is 0 Å². The average Bonchev–Trinajstić information content (AvgIpc) is 2.13. The second kappa shape index (κ2) is 7.09. The zero-order valence-corrected chi connectivity index (χ0v) is 11.4. The number of alkyl halides is 1. The van der Waals surface area contributed by atoms with E-state index in [-0.39, 0.29) is 36.0 Å². The van der Waals surface area contributed by atoms with Crippen LogP contribution < -0.4 is 10.0 Å². The molecule has 0 aromatic carbocycles. The van der Waals surface area contributed by atoms with E-state index in [2.05, 4.69) is 10.0 Å². The zero-order chi connectivity index (χ0) is 12.8. The minimum absolute atomic E-state index is 0.00114. The SMILES string of the molecule is CC(CCl)CS(=O)(=O)NCC(=O)NC(C)C. The van der Waals surface area contributed by atoms with Crippen LogP contribution >= 0.6 is 11.6 Å². The van der Waals surface area contributed by atoms with Crippen LogP contribution in [0.3, 0.4) is 0 Å². The summed E-state index contributed by atoms with van der Waals surface area (Å²) in [7, 11) is -3.42. The van der Waals surface area contributed by atoms with Gasteiger partial charge >= 0.3 is 0 Å². The number of carbonyl (C=O) groups excluding carboxylic acids is 1. The molecule has 0 aliphatic carbocycles. The van der Waals surface area contributed by atoms with E-state index in [9.17, 15) is 13.2 Å². The molecule has 0 aliphatic rings. The average molecular weight is 271 g/mol. The molecule has 5 nitrogen and oxygen atoms in total. The zero-order valence-electron chi connectivity index (χ0n) is 9.79. The maximum atomic E-state index is 11.4. The summed E-state index contributed by atoms with van der Waals surface area (Å²) in [5, 5.41) is 2.59. The number of hydrogen-bond acceptors (Lipinski definition) is 3. The molecular formula is C9H19ClN2O3S. The fourth-order valence-corrected chi connectivity index (χ4v) is 2.60. The fourth-order valence-electron chi connectivity index (χ4n) is 1.03. The predicted molar refractivity (Wildman–Crippen MR) is 65.0 cm³/mol. The highest BCUT2D eigenvalue weighted by Gasteiger charge is 2.16. The molecule has 7 heteroatoms. The molecule has 0 saturated carbocycles. The van der Waals surface area contributed by atoms with E-state index < -0.39 is 10.0 Å². The molecule has 0 heterocycles. The third kappa shape index (κ3) is 7.90. The Labute approximate surface area is 102 Å². The summed E-state index contributed by atoms with van der Waals surface area (Å²) in [4.78, 5) is 11.2. The maximum Gasteiger partial charge on any atom is 0.235 e. The molecule has 0 radical (unpaired) electrons. The first kappa shape index (κ1) is 15.7. The van der Waals surface area contributed by atoms with E-state index in [1.54, 1.807) is 6.92 Å². The Bertz CT molecular complexity index is 317. The monoisotopic (exact) mass is 270 g/mol. The summed E-state index contributed by atoms with van der Waals surface area (Å²) in [6, 6.07) is -0.00114. The van der Waals surface area contributed by atoms with Gasteiger partial charge in [-0.2, -0.15) is 0 Å². The first-order valence-electron chi connectivity index (χ1n) is 5.09. The van der Waals surface area contributed by atoms with Gasteiger partial charge in [0.05, 0.1) is 12.3 Å². The first-order chi connectivity index (χ1) is 7.26. The molecule has 0 spiro atoms. The lowest BCUT2D eigenvalue weighted by Crippen LogP contribution is -2.41. The summed E-state index contributed by atoms with van der Waals surface area (Å²) in [6.07, 6.45) is 0. The molecule has 2 N–H and O–H groups in total. The van der Waals surface area contributed by atoms with Crippen molar-refractivity contribution in [3.05, 3.63) is 0 Å². The van der Waals surface area contributed by atoms with Crippen molar-refractivity contribution in [2.45, 2.75) is 26.8 Å². The van der Waals surface area contributed by atoms with Crippen LogP contribution in [0.25, 0.3) is 0 Å². The lowest BCUT2D eigenvalue weighted by Gasteiger charge is -2.11. The molecule has 1 amide bonds. The highest BCUT2D eigenvalue weighted by molar-refractivity contribution is 7.89. The molecule has 0 aromatic rings. The smallest absolute Gasteiger partial charge is 0.235 e. The third-order valence-electron chi connectivity index (χ3n) is 1.67. The molecule has 0 bridgehead atoms. The fraction of sp³-hybridized carbons (Fsp3) is 0.889. The summed E-state index contributed by atoms with van der Waals surface area (Å²) in [6.45, 7) is 5.12. The Morgan fingerprint density at radius 1 is 1.31 bits per heavy atom. The highest BCUT2D eigenvalue weighted by atomic mass is 35.5. The molecule has 96 valence electrons. The molecule has 1 unspecified atom stereocenters. The van der Waals surface area contributed by atoms with Crippen LogP contribution in [0.15, 0.2) is 0 Å². The Balaban J connectivity index is 4.04. The van der Waals surface area contributed by atoms with Gasteiger partial charge in [-0.25, -0.2) is 13.1 Å². The number of rotatable bonds is 7. The molecule has 0 rings (SSSR count). The van der Waals surface area contributed by atoms with Gasteiger partial charge in [0.1, 0.15) is 0 Å². The number of halogens is 1. The Hall–Kier alpha value is -0.330. The molecule has 0 aromatic heterocycles. The molecule has 0 fully saturated rings. The van der Waals surface area contributed by atoms with Gasteiger partial charge in [-0.1, -0.05) is 6.92 Å². The highest BCUT2D eigenvalue weighted by Crippen LogP contribution is 2.01. The van der Waals surface area contributed by atoms with Gasteiger partial charge in [-0.3, -0.25) is 4.79 Å². The summed E-state index contributed by atoms with van der Waals surface area (Å²) >= 11 is 5.52. The Kier molecular flexibility index (Phi) is 6.94. The summed E-state index contributed by atoms with van der Waals surface area (Å²) in [5.74, 6) is -0.255. The van der Waals surface area contributed by atoms with Gasteiger partial charge < -0.3 is 5.32 Å². The number of nitrogens with one attached hydrogen (secondary N) is 2. The van der Waals surface area contributed by atoms with Gasteiger partial charge in [0, 0.05) is 11.9 Å². The van der Waals surface area contributed by atoms with Crippen LogP contribution in [0.1, 0.15) is 20.8 Å². The third-order valence-corrected chi connectivity index (χ3v) is 3.79. The van der Waals surface area contributed by atoms with Gasteiger partial charge in [0.2, 0.25) is 15.9 Å². The van der Waals surface area contributed by atoms with Crippen LogP contribution in [0.2, 0.25) is 0 Å². The lowest BCUT2D eigenvalue weighted by molar-refractivity contribution is -0.120.